The number of aromatic nitrogens is 1. The van der Waals surface area contributed by atoms with Crippen molar-refractivity contribution in [3.05, 3.63) is 58.9 Å². The minimum Gasteiger partial charge on any atom is -0.387 e. The van der Waals surface area contributed by atoms with Gasteiger partial charge in [0.2, 0.25) is 0 Å². The largest absolute Gasteiger partial charge is 0.387 e. The van der Waals surface area contributed by atoms with Gasteiger partial charge in [-0.05, 0) is 36.8 Å². The highest BCUT2D eigenvalue weighted by Gasteiger charge is 2.02. The van der Waals surface area contributed by atoms with Gasteiger partial charge >= 0.3 is 0 Å². The Hall–Kier alpha value is -1.03. The van der Waals surface area contributed by atoms with Gasteiger partial charge in [0.25, 0.3) is 0 Å². The molecule has 0 bridgehead atoms. The summed E-state index contributed by atoms with van der Waals surface area (Å²) in [4.78, 5) is 5.30. The van der Waals surface area contributed by atoms with Crippen LogP contribution in [0.15, 0.2) is 47.5 Å². The number of benzene rings is 1. The van der Waals surface area contributed by atoms with E-state index in [1.54, 1.807) is 24.9 Å². The average Bonchev–Trinajstić information content (AvgIpc) is 2.38. The third-order valence-electron chi connectivity index (χ3n) is 2.51. The second-order valence-electron chi connectivity index (χ2n) is 4.01. The lowest BCUT2D eigenvalue weighted by atomic mass is 10.2. The third kappa shape index (κ3) is 3.73. The molecule has 1 aromatic carbocycles. The van der Waals surface area contributed by atoms with Crippen molar-refractivity contribution in [1.82, 2.24) is 4.98 Å². The Morgan fingerprint density at radius 2 is 1.94 bits per heavy atom. The second kappa shape index (κ2) is 6.23. The van der Waals surface area contributed by atoms with Crippen molar-refractivity contribution >= 4 is 23.4 Å². The van der Waals surface area contributed by atoms with Gasteiger partial charge in [-0.3, -0.25) is 4.98 Å². The molecule has 0 amide bonds. The first-order valence-electron chi connectivity index (χ1n) is 5.66. The van der Waals surface area contributed by atoms with E-state index in [1.165, 1.54) is 5.56 Å². The predicted molar refractivity (Wildman–Crippen MR) is 75.9 cm³/mol. The van der Waals surface area contributed by atoms with Gasteiger partial charge in [0.1, 0.15) is 0 Å². The van der Waals surface area contributed by atoms with Crippen molar-refractivity contribution in [3.8, 4) is 0 Å². The third-order valence-corrected chi connectivity index (χ3v) is 3.81. The van der Waals surface area contributed by atoms with Crippen molar-refractivity contribution in [2.75, 3.05) is 0 Å². The summed E-state index contributed by atoms with van der Waals surface area (Å²) < 4.78 is 0. The lowest BCUT2D eigenvalue weighted by molar-refractivity contribution is 0.194. The van der Waals surface area contributed by atoms with E-state index in [-0.39, 0.29) is 0 Å². The molecule has 2 aromatic rings. The number of nitrogens with zero attached hydrogens (tertiary/aromatic N) is 1. The van der Waals surface area contributed by atoms with Gasteiger partial charge in [0, 0.05) is 21.9 Å². The van der Waals surface area contributed by atoms with Crippen LogP contribution >= 0.6 is 23.4 Å². The van der Waals surface area contributed by atoms with Gasteiger partial charge in [-0.25, -0.2) is 0 Å². The van der Waals surface area contributed by atoms with Crippen molar-refractivity contribution in [2.45, 2.75) is 23.7 Å². The van der Waals surface area contributed by atoms with E-state index >= 15 is 0 Å². The van der Waals surface area contributed by atoms with E-state index < -0.39 is 6.10 Å². The van der Waals surface area contributed by atoms with Crippen molar-refractivity contribution in [2.24, 2.45) is 0 Å². The molecule has 1 N–H and O–H groups in total. The molecule has 4 heteroatoms. The van der Waals surface area contributed by atoms with E-state index in [9.17, 15) is 5.11 Å². The highest BCUT2D eigenvalue weighted by atomic mass is 35.5. The molecular formula is C14H14ClNOS. The molecule has 0 aliphatic heterocycles. The second-order valence-corrected chi connectivity index (χ2v) is 5.50. The number of hydrogen-bond donors (Lipinski definition) is 1. The zero-order valence-electron chi connectivity index (χ0n) is 10.0. The smallest absolute Gasteiger partial charge is 0.0931 e. The maximum Gasteiger partial charge on any atom is 0.0931 e. The van der Waals surface area contributed by atoms with Crippen LogP contribution in [0.3, 0.4) is 0 Å². The Kier molecular flexibility index (Phi) is 4.64. The zero-order valence-corrected chi connectivity index (χ0v) is 11.6. The summed E-state index contributed by atoms with van der Waals surface area (Å²) in [7, 11) is 0. The molecule has 2 rings (SSSR count). The van der Waals surface area contributed by atoms with Gasteiger partial charge in [-0.15, -0.1) is 11.8 Å². The summed E-state index contributed by atoms with van der Waals surface area (Å²) in [5, 5.41) is 10.1. The molecule has 1 atom stereocenters. The van der Waals surface area contributed by atoms with Crippen molar-refractivity contribution < 1.29 is 5.11 Å². The van der Waals surface area contributed by atoms with Crippen molar-refractivity contribution in [1.29, 1.82) is 0 Å². The van der Waals surface area contributed by atoms with Crippen LogP contribution in [0.25, 0.3) is 0 Å². The number of halogens is 1. The Labute approximate surface area is 116 Å². The summed E-state index contributed by atoms with van der Waals surface area (Å²) >= 11 is 7.55. The fourth-order valence-electron chi connectivity index (χ4n) is 1.47. The van der Waals surface area contributed by atoms with E-state index in [4.69, 9.17) is 11.6 Å². The molecular weight excluding hydrogens is 266 g/mol. The molecule has 18 heavy (non-hydrogen) atoms. The predicted octanol–water partition coefficient (Wildman–Crippen LogP) is 4.08. The molecule has 0 saturated heterocycles. The number of aliphatic hydroxyl groups is 1. The molecule has 0 radical (unpaired) electrons. The maximum atomic E-state index is 9.37. The van der Waals surface area contributed by atoms with Crippen LogP contribution in [-0.4, -0.2) is 10.1 Å². The molecule has 0 aliphatic rings. The Balaban J connectivity index is 1.95. The van der Waals surface area contributed by atoms with Gasteiger partial charge in [0.15, 0.2) is 0 Å². The van der Waals surface area contributed by atoms with Crippen LogP contribution in [0.2, 0.25) is 5.02 Å². The fourth-order valence-corrected chi connectivity index (χ4v) is 2.41. The first kappa shape index (κ1) is 13.4. The first-order chi connectivity index (χ1) is 8.65. The van der Waals surface area contributed by atoms with Crippen LogP contribution in [0, 0.1) is 0 Å². The number of thioether (sulfide) groups is 1. The van der Waals surface area contributed by atoms with Crippen LogP contribution in [0.1, 0.15) is 24.3 Å². The molecule has 0 saturated carbocycles. The average molecular weight is 280 g/mol. The molecule has 0 spiro atoms. The minimum atomic E-state index is -0.514. The lowest BCUT2D eigenvalue weighted by Crippen LogP contribution is -1.94. The molecule has 94 valence electrons. The lowest BCUT2D eigenvalue weighted by Gasteiger charge is -2.05. The summed E-state index contributed by atoms with van der Waals surface area (Å²) in [5.41, 5.74) is 1.93. The summed E-state index contributed by atoms with van der Waals surface area (Å²) in [6.07, 6.45) is 1.28. The minimum absolute atomic E-state index is 0.514. The number of hydrogen-bond acceptors (Lipinski definition) is 3. The van der Waals surface area contributed by atoms with E-state index in [2.05, 4.69) is 4.98 Å². The topological polar surface area (TPSA) is 33.1 Å². The Morgan fingerprint density at radius 1 is 1.22 bits per heavy atom. The van der Waals surface area contributed by atoms with Crippen LogP contribution in [-0.2, 0) is 5.75 Å². The van der Waals surface area contributed by atoms with Gasteiger partial charge < -0.3 is 5.11 Å². The van der Waals surface area contributed by atoms with Gasteiger partial charge in [0.05, 0.1) is 11.8 Å². The first-order valence-corrected chi connectivity index (χ1v) is 7.03. The SMILES string of the molecule is C[C@H](O)c1ccc(SCc2ccc(Cl)cc2)cn1. The molecule has 0 unspecified atom stereocenters. The zero-order chi connectivity index (χ0) is 13.0. The maximum absolute atomic E-state index is 9.37. The highest BCUT2D eigenvalue weighted by Crippen LogP contribution is 2.23. The monoisotopic (exact) mass is 279 g/mol. The molecule has 2 nitrogen and oxygen atoms in total. The summed E-state index contributed by atoms with van der Waals surface area (Å²) in [5.74, 6) is 0.882. The highest BCUT2D eigenvalue weighted by molar-refractivity contribution is 7.98. The van der Waals surface area contributed by atoms with Gasteiger partial charge in [-0.2, -0.15) is 0 Å². The van der Waals surface area contributed by atoms with Crippen molar-refractivity contribution in [3.63, 3.8) is 0 Å². The van der Waals surface area contributed by atoms with Crippen LogP contribution < -0.4 is 0 Å². The molecule has 0 fully saturated rings. The number of pyridine rings is 1. The van der Waals surface area contributed by atoms with E-state index in [0.29, 0.717) is 5.69 Å². The number of aliphatic hydroxyl groups excluding tert-OH is 1. The summed E-state index contributed by atoms with van der Waals surface area (Å²) in [6.45, 7) is 1.71. The quantitative estimate of drug-likeness (QED) is 0.856. The normalized spacial score (nSPS) is 12.4. The van der Waals surface area contributed by atoms with E-state index in [1.807, 2.05) is 36.4 Å². The summed E-state index contributed by atoms with van der Waals surface area (Å²) in [6, 6.07) is 11.7. The van der Waals surface area contributed by atoms with E-state index in [0.717, 1.165) is 15.7 Å². The Morgan fingerprint density at radius 3 is 2.50 bits per heavy atom. The fraction of sp³-hybridized carbons (Fsp3) is 0.214. The van der Waals surface area contributed by atoms with Gasteiger partial charge in [-0.1, -0.05) is 23.7 Å². The standard InChI is InChI=1S/C14H14ClNOS/c1-10(17)14-7-6-13(8-16-14)18-9-11-2-4-12(15)5-3-11/h2-8,10,17H,9H2,1H3/t10-/m0/s1. The molecule has 0 aliphatic carbocycles. The van der Waals surface area contributed by atoms with Crippen LogP contribution in [0.4, 0.5) is 0 Å². The molecule has 1 aromatic heterocycles. The Bertz CT molecular complexity index is 496. The number of rotatable bonds is 4. The molecule has 1 heterocycles. The van der Waals surface area contributed by atoms with Crippen LogP contribution in [0.5, 0.6) is 0 Å².